The fourth-order valence-electron chi connectivity index (χ4n) is 5.41. The van der Waals surface area contributed by atoms with E-state index in [0.717, 1.165) is 19.4 Å². The lowest BCUT2D eigenvalue weighted by atomic mass is 9.85. The second-order valence-electron chi connectivity index (χ2n) is 8.69. The summed E-state index contributed by atoms with van der Waals surface area (Å²) in [6.07, 6.45) is 6.10. The van der Waals surface area contributed by atoms with Crippen LogP contribution in [0.1, 0.15) is 12.0 Å². The highest BCUT2D eigenvalue weighted by Crippen LogP contribution is 2.52. The van der Waals surface area contributed by atoms with Crippen molar-refractivity contribution in [1.29, 1.82) is 0 Å². The molecule has 2 amide bonds. The third kappa shape index (κ3) is 4.14. The molecule has 7 heteroatoms. The normalized spacial score (nSPS) is 25.9. The first-order valence-electron chi connectivity index (χ1n) is 11.1. The van der Waals surface area contributed by atoms with Crippen LogP contribution in [0.3, 0.4) is 0 Å². The Morgan fingerprint density at radius 2 is 1.62 bits per heavy atom. The number of carbonyl (C=O) groups excluding carboxylic acids is 2. The molecule has 1 saturated heterocycles. The number of fused-ring (bicyclic) bond motifs is 6. The summed E-state index contributed by atoms with van der Waals surface area (Å²) in [7, 11) is 1.73. The topological polar surface area (TPSA) is 73.8 Å². The molecule has 6 nitrogen and oxygen atoms in total. The predicted molar refractivity (Wildman–Crippen MR) is 137 cm³/mol. The average molecular weight is 544 g/mol. The summed E-state index contributed by atoms with van der Waals surface area (Å²) < 4.78 is 0. The number of aliphatic imine (C=N–C) groups is 1. The second kappa shape index (κ2) is 9.60. The van der Waals surface area contributed by atoms with E-state index >= 15 is 0 Å². The minimum atomic E-state index is -0.123. The van der Waals surface area contributed by atoms with Gasteiger partial charge in [-0.25, -0.2) is 0 Å². The van der Waals surface area contributed by atoms with Crippen LogP contribution in [0.15, 0.2) is 59.6 Å². The van der Waals surface area contributed by atoms with Gasteiger partial charge < -0.3 is 10.6 Å². The molecule has 5 rings (SSSR count). The van der Waals surface area contributed by atoms with Crippen molar-refractivity contribution in [2.45, 2.75) is 12.8 Å². The van der Waals surface area contributed by atoms with Gasteiger partial charge in [-0.1, -0.05) is 54.6 Å². The van der Waals surface area contributed by atoms with E-state index in [9.17, 15) is 9.59 Å². The van der Waals surface area contributed by atoms with Crippen LogP contribution in [-0.2, 0) is 16.0 Å². The lowest BCUT2D eigenvalue weighted by molar-refractivity contribution is -0.140. The number of likely N-dealkylation sites (tertiary alicyclic amines) is 1. The Hall–Kier alpha value is -2.42. The molecule has 0 radical (unpaired) electrons. The second-order valence-corrected chi connectivity index (χ2v) is 8.69. The largest absolute Gasteiger partial charge is 0.356 e. The Morgan fingerprint density at radius 3 is 2.31 bits per heavy atom. The Labute approximate surface area is 205 Å². The first-order chi connectivity index (χ1) is 15.2. The van der Waals surface area contributed by atoms with E-state index in [1.165, 1.54) is 21.2 Å². The van der Waals surface area contributed by atoms with Crippen molar-refractivity contribution >= 4 is 52.5 Å². The number of hydrogen-bond donors (Lipinski definition) is 2. The van der Waals surface area contributed by atoms with Crippen LogP contribution >= 0.6 is 24.0 Å². The number of benzene rings is 2. The lowest BCUT2D eigenvalue weighted by Gasteiger charge is -2.18. The molecule has 4 unspecified atom stereocenters. The molecule has 3 aliphatic rings. The first-order valence-corrected chi connectivity index (χ1v) is 11.1. The van der Waals surface area contributed by atoms with Crippen LogP contribution in [0, 0.1) is 23.7 Å². The predicted octanol–water partition coefficient (Wildman–Crippen LogP) is 2.97. The molecule has 168 valence electrons. The molecule has 0 spiro atoms. The first kappa shape index (κ1) is 22.8. The van der Waals surface area contributed by atoms with Crippen LogP contribution in [0.4, 0.5) is 0 Å². The molecule has 1 saturated carbocycles. The Kier molecular flexibility index (Phi) is 6.83. The van der Waals surface area contributed by atoms with E-state index in [2.05, 4.69) is 70.2 Å². The molecule has 2 N–H and O–H groups in total. The number of guanidine groups is 1. The minimum absolute atomic E-state index is 0. The molecule has 1 heterocycles. The van der Waals surface area contributed by atoms with Crippen molar-refractivity contribution < 1.29 is 9.59 Å². The number of imide groups is 1. The Balaban J connectivity index is 0.00000245. The maximum atomic E-state index is 12.8. The van der Waals surface area contributed by atoms with E-state index in [4.69, 9.17) is 0 Å². The number of hydrogen-bond acceptors (Lipinski definition) is 3. The number of nitrogens with zero attached hydrogens (tertiary/aromatic N) is 2. The van der Waals surface area contributed by atoms with Gasteiger partial charge in [-0.15, -0.1) is 24.0 Å². The fraction of sp³-hybridized carbons (Fsp3) is 0.400. The summed E-state index contributed by atoms with van der Waals surface area (Å²) in [5.41, 5.74) is 1.27. The number of halogens is 1. The van der Waals surface area contributed by atoms with Gasteiger partial charge in [0, 0.05) is 26.7 Å². The fourth-order valence-corrected chi connectivity index (χ4v) is 5.41. The zero-order valence-electron chi connectivity index (χ0n) is 18.2. The van der Waals surface area contributed by atoms with Crippen LogP contribution in [-0.4, -0.2) is 49.4 Å². The molecule has 2 aromatic carbocycles. The minimum Gasteiger partial charge on any atom is -0.356 e. The van der Waals surface area contributed by atoms with Crippen molar-refractivity contribution in [2.75, 3.05) is 26.7 Å². The summed E-state index contributed by atoms with van der Waals surface area (Å²) in [6, 6.07) is 14.9. The SMILES string of the molecule is CN=C(NCCc1ccc2ccccc2c1)NCCN1C(=O)C2C3C=CC(C3)C2C1=O.I. The van der Waals surface area contributed by atoms with Crippen LogP contribution in [0.5, 0.6) is 0 Å². The van der Waals surface area contributed by atoms with E-state index in [1.54, 1.807) is 7.05 Å². The van der Waals surface area contributed by atoms with Gasteiger partial charge >= 0.3 is 0 Å². The molecule has 4 atom stereocenters. The third-order valence-corrected chi connectivity index (χ3v) is 6.93. The van der Waals surface area contributed by atoms with Crippen molar-refractivity contribution in [3.8, 4) is 0 Å². The smallest absolute Gasteiger partial charge is 0.233 e. The zero-order chi connectivity index (χ0) is 21.4. The maximum absolute atomic E-state index is 12.8. The molecule has 2 aromatic rings. The van der Waals surface area contributed by atoms with E-state index < -0.39 is 0 Å². The summed E-state index contributed by atoms with van der Waals surface area (Å²) in [6.45, 7) is 1.63. The Morgan fingerprint density at radius 1 is 0.969 bits per heavy atom. The van der Waals surface area contributed by atoms with Gasteiger partial charge in [0.2, 0.25) is 11.8 Å². The lowest BCUT2D eigenvalue weighted by Crippen LogP contribution is -2.44. The number of rotatable bonds is 6. The number of amides is 2. The van der Waals surface area contributed by atoms with E-state index in [0.29, 0.717) is 19.0 Å². The van der Waals surface area contributed by atoms with Crippen molar-refractivity contribution in [3.05, 3.63) is 60.2 Å². The van der Waals surface area contributed by atoms with Crippen molar-refractivity contribution in [2.24, 2.45) is 28.7 Å². The van der Waals surface area contributed by atoms with Gasteiger partial charge in [-0.2, -0.15) is 0 Å². The number of nitrogens with one attached hydrogen (secondary N) is 2. The summed E-state index contributed by atoms with van der Waals surface area (Å²) in [5.74, 6) is 0.967. The van der Waals surface area contributed by atoms with Gasteiger partial charge in [0.1, 0.15) is 0 Å². The molecule has 2 bridgehead atoms. The molecular weight excluding hydrogens is 515 g/mol. The molecule has 1 aliphatic heterocycles. The molecular formula is C25H29IN4O2. The van der Waals surface area contributed by atoms with Gasteiger partial charge in [0.15, 0.2) is 5.96 Å². The van der Waals surface area contributed by atoms with Gasteiger partial charge in [-0.3, -0.25) is 19.5 Å². The molecule has 2 aliphatic carbocycles. The standard InChI is InChI=1S/C25H28N4O2.HI/c1-26-25(27-11-10-16-6-7-17-4-2-3-5-18(17)14-16)28-12-13-29-23(30)21-19-8-9-20(15-19)22(21)24(29)31;/h2-9,14,19-22H,10-13,15H2,1H3,(H2,26,27,28);1H. The highest BCUT2D eigenvalue weighted by Gasteiger charge is 2.58. The summed E-state index contributed by atoms with van der Waals surface area (Å²) in [5, 5.41) is 9.04. The number of allylic oxidation sites excluding steroid dienone is 2. The van der Waals surface area contributed by atoms with Gasteiger partial charge in [0.25, 0.3) is 0 Å². The third-order valence-electron chi connectivity index (χ3n) is 6.93. The number of carbonyl (C=O) groups is 2. The summed E-state index contributed by atoms with van der Waals surface area (Å²) in [4.78, 5) is 31.2. The van der Waals surface area contributed by atoms with Crippen LogP contribution < -0.4 is 10.6 Å². The average Bonchev–Trinajstić information content (AvgIpc) is 3.47. The Bertz CT molecular complexity index is 1050. The highest BCUT2D eigenvalue weighted by atomic mass is 127. The monoisotopic (exact) mass is 544 g/mol. The van der Waals surface area contributed by atoms with E-state index in [1.807, 2.05) is 0 Å². The highest BCUT2D eigenvalue weighted by molar-refractivity contribution is 14.0. The van der Waals surface area contributed by atoms with Gasteiger partial charge in [-0.05, 0) is 41.0 Å². The van der Waals surface area contributed by atoms with E-state index in [-0.39, 0.29) is 59.5 Å². The summed E-state index contributed by atoms with van der Waals surface area (Å²) >= 11 is 0. The zero-order valence-corrected chi connectivity index (χ0v) is 20.5. The maximum Gasteiger partial charge on any atom is 0.233 e. The molecule has 2 fully saturated rings. The molecule has 0 aromatic heterocycles. The molecule has 32 heavy (non-hydrogen) atoms. The van der Waals surface area contributed by atoms with Gasteiger partial charge in [0.05, 0.1) is 11.8 Å². The van der Waals surface area contributed by atoms with Crippen molar-refractivity contribution in [1.82, 2.24) is 15.5 Å². The van der Waals surface area contributed by atoms with Crippen LogP contribution in [0.25, 0.3) is 10.8 Å². The van der Waals surface area contributed by atoms with Crippen molar-refractivity contribution in [3.63, 3.8) is 0 Å². The van der Waals surface area contributed by atoms with Crippen LogP contribution in [0.2, 0.25) is 0 Å². The quantitative estimate of drug-likeness (QED) is 0.193.